The third-order valence-corrected chi connectivity index (χ3v) is 7.27. The lowest BCUT2D eigenvalue weighted by Gasteiger charge is -2.21. The number of aromatic nitrogens is 5. The maximum atomic E-state index is 12.1. The first kappa shape index (κ1) is 22.3. The number of nitriles is 1. The number of nitrogens with one attached hydrogen (secondary N) is 1. The summed E-state index contributed by atoms with van der Waals surface area (Å²) in [6, 6.07) is 8.74. The molecule has 0 spiro atoms. The molecule has 2 aliphatic rings. The third-order valence-electron chi connectivity index (χ3n) is 7.27. The molecule has 1 N–H and O–H groups in total. The van der Waals surface area contributed by atoms with E-state index in [9.17, 15) is 10.1 Å². The fourth-order valence-electron chi connectivity index (χ4n) is 5.43. The normalized spacial score (nSPS) is 20.5. The van der Waals surface area contributed by atoms with Crippen LogP contribution in [0.4, 0.5) is 5.82 Å². The molecule has 9 nitrogen and oxygen atoms in total. The van der Waals surface area contributed by atoms with Gasteiger partial charge >= 0.3 is 0 Å². The maximum Gasteiger partial charge on any atom is 0.220 e. The van der Waals surface area contributed by atoms with E-state index in [1.165, 1.54) is 0 Å². The van der Waals surface area contributed by atoms with Gasteiger partial charge in [-0.1, -0.05) is 13.8 Å². The van der Waals surface area contributed by atoms with Gasteiger partial charge in [-0.3, -0.25) is 9.48 Å². The average Bonchev–Trinajstić information content (AvgIpc) is 3.32. The van der Waals surface area contributed by atoms with Crippen LogP contribution in [0.3, 0.4) is 0 Å². The molecular weight excluding hydrogens is 452 g/mol. The highest BCUT2D eigenvalue weighted by Gasteiger charge is 2.56. The second-order valence-corrected chi connectivity index (χ2v) is 10.3. The Morgan fingerprint density at radius 2 is 1.92 bits per heavy atom. The number of hydrogen-bond donors (Lipinski definition) is 1. The number of pyridine rings is 2. The molecule has 1 saturated heterocycles. The van der Waals surface area contributed by atoms with Gasteiger partial charge in [-0.15, -0.1) is 0 Å². The van der Waals surface area contributed by atoms with E-state index in [4.69, 9.17) is 4.98 Å². The molecule has 2 fully saturated rings. The van der Waals surface area contributed by atoms with Crippen molar-refractivity contribution in [3.05, 3.63) is 54.7 Å². The lowest BCUT2D eigenvalue weighted by Crippen LogP contribution is -2.35. The smallest absolute Gasteiger partial charge is 0.220 e. The molecule has 1 amide bonds. The average molecular weight is 481 g/mol. The Morgan fingerprint density at radius 1 is 1.11 bits per heavy atom. The number of piperidine rings is 1. The summed E-state index contributed by atoms with van der Waals surface area (Å²) in [6.07, 6.45) is 9.75. The second kappa shape index (κ2) is 8.48. The van der Waals surface area contributed by atoms with E-state index in [1.54, 1.807) is 15.4 Å². The molecule has 1 aliphatic carbocycles. The number of aryl methyl sites for hydroxylation is 1. The lowest BCUT2D eigenvalue weighted by atomic mass is 10.0. The molecule has 5 heterocycles. The van der Waals surface area contributed by atoms with Crippen molar-refractivity contribution in [2.75, 3.05) is 18.0 Å². The molecule has 36 heavy (non-hydrogen) atoms. The van der Waals surface area contributed by atoms with Crippen LogP contribution in [0.2, 0.25) is 0 Å². The van der Waals surface area contributed by atoms with Crippen LogP contribution >= 0.6 is 0 Å². The standard InChI is InChI=1S/C27H28N8O/c1-16(2)6-25(36)32-26-22-14-34(15-23(22)26)24-5-4-17(9-29-24)21-7-18(20-11-30-33(3)12-20)13-35-27(21)19(8-28)10-31-35/h4-5,7,9-13,16,22-23,26H,6,14-15H2,1-3H3,(H,32,36)/t22-,23+,26?. The van der Waals surface area contributed by atoms with Gasteiger partial charge in [0, 0.05) is 85.3 Å². The van der Waals surface area contributed by atoms with Gasteiger partial charge in [-0.05, 0) is 24.1 Å². The number of amides is 1. The first-order valence-corrected chi connectivity index (χ1v) is 12.3. The molecule has 0 radical (unpaired) electrons. The molecule has 0 bridgehead atoms. The number of fused-ring (bicyclic) bond motifs is 2. The lowest BCUT2D eigenvalue weighted by molar-refractivity contribution is -0.122. The van der Waals surface area contributed by atoms with E-state index < -0.39 is 0 Å². The largest absolute Gasteiger partial charge is 0.356 e. The minimum absolute atomic E-state index is 0.162. The van der Waals surface area contributed by atoms with E-state index >= 15 is 0 Å². The topological polar surface area (TPSA) is 104 Å². The maximum absolute atomic E-state index is 12.1. The molecule has 4 aromatic heterocycles. The molecule has 6 rings (SSSR count). The number of hydrogen-bond acceptors (Lipinski definition) is 6. The van der Waals surface area contributed by atoms with Gasteiger partial charge in [-0.25, -0.2) is 9.50 Å². The van der Waals surface area contributed by atoms with Crippen molar-refractivity contribution in [2.24, 2.45) is 24.8 Å². The Hall–Kier alpha value is -4.19. The van der Waals surface area contributed by atoms with Crippen molar-refractivity contribution in [3.63, 3.8) is 0 Å². The fourth-order valence-corrected chi connectivity index (χ4v) is 5.43. The van der Waals surface area contributed by atoms with Crippen LogP contribution in [0.5, 0.6) is 0 Å². The van der Waals surface area contributed by atoms with Crippen LogP contribution in [-0.2, 0) is 11.8 Å². The first-order valence-electron chi connectivity index (χ1n) is 12.3. The number of rotatable bonds is 6. The van der Waals surface area contributed by atoms with E-state index in [-0.39, 0.29) is 5.91 Å². The summed E-state index contributed by atoms with van der Waals surface area (Å²) in [5.41, 5.74) is 5.06. The molecule has 1 saturated carbocycles. The highest BCUT2D eigenvalue weighted by Crippen LogP contribution is 2.46. The van der Waals surface area contributed by atoms with E-state index in [0.717, 1.165) is 46.7 Å². The fraction of sp³-hybridized carbons (Fsp3) is 0.370. The Balaban J connectivity index is 1.23. The minimum Gasteiger partial charge on any atom is -0.356 e. The quantitative estimate of drug-likeness (QED) is 0.454. The second-order valence-electron chi connectivity index (χ2n) is 10.3. The van der Waals surface area contributed by atoms with Crippen LogP contribution < -0.4 is 10.2 Å². The van der Waals surface area contributed by atoms with Crippen molar-refractivity contribution in [1.82, 2.24) is 29.7 Å². The van der Waals surface area contributed by atoms with Gasteiger partial charge in [0.25, 0.3) is 0 Å². The van der Waals surface area contributed by atoms with Crippen LogP contribution in [0.15, 0.2) is 49.2 Å². The number of nitrogens with zero attached hydrogens (tertiary/aromatic N) is 7. The van der Waals surface area contributed by atoms with Crippen LogP contribution in [-0.4, -0.2) is 49.4 Å². The Labute approximate surface area is 209 Å². The zero-order valence-electron chi connectivity index (χ0n) is 20.6. The summed E-state index contributed by atoms with van der Waals surface area (Å²) in [6.45, 7) is 5.95. The Kier molecular flexibility index (Phi) is 5.25. The summed E-state index contributed by atoms with van der Waals surface area (Å²) in [5.74, 6) is 2.48. The van der Waals surface area contributed by atoms with Gasteiger partial charge in [0.15, 0.2) is 0 Å². The van der Waals surface area contributed by atoms with Crippen LogP contribution in [0.1, 0.15) is 25.8 Å². The number of carbonyl (C=O) groups excluding carboxylic acids is 1. The molecule has 4 aromatic rings. The van der Waals surface area contributed by atoms with Gasteiger partial charge in [-0.2, -0.15) is 15.5 Å². The highest BCUT2D eigenvalue weighted by molar-refractivity contribution is 5.87. The van der Waals surface area contributed by atoms with Gasteiger partial charge in [0.1, 0.15) is 11.9 Å². The zero-order chi connectivity index (χ0) is 25.0. The van der Waals surface area contributed by atoms with Crippen molar-refractivity contribution in [3.8, 4) is 28.3 Å². The SMILES string of the molecule is CC(C)CC(=O)NC1[C@H]2CN(c3ccc(-c4cc(-c5cnn(C)c5)cn5ncc(C#N)c45)cn3)C[C@@H]12. The van der Waals surface area contributed by atoms with Gasteiger partial charge in [0.05, 0.1) is 23.5 Å². The third kappa shape index (κ3) is 3.88. The summed E-state index contributed by atoms with van der Waals surface area (Å²) < 4.78 is 3.52. The summed E-state index contributed by atoms with van der Waals surface area (Å²) in [4.78, 5) is 19.2. The Morgan fingerprint density at radius 3 is 2.56 bits per heavy atom. The number of carbonyl (C=O) groups is 1. The van der Waals surface area contributed by atoms with E-state index in [0.29, 0.717) is 35.8 Å². The molecule has 1 aliphatic heterocycles. The molecule has 0 aromatic carbocycles. The zero-order valence-corrected chi connectivity index (χ0v) is 20.6. The van der Waals surface area contributed by atoms with Gasteiger partial charge < -0.3 is 10.2 Å². The van der Waals surface area contributed by atoms with Gasteiger partial charge in [0.2, 0.25) is 5.91 Å². The predicted molar refractivity (Wildman–Crippen MR) is 136 cm³/mol. The summed E-state index contributed by atoms with van der Waals surface area (Å²) in [7, 11) is 1.89. The van der Waals surface area contributed by atoms with Crippen molar-refractivity contribution < 1.29 is 4.79 Å². The van der Waals surface area contributed by atoms with Crippen molar-refractivity contribution >= 4 is 17.2 Å². The van der Waals surface area contributed by atoms with Crippen LogP contribution in [0, 0.1) is 29.1 Å². The van der Waals surface area contributed by atoms with Crippen LogP contribution in [0.25, 0.3) is 27.8 Å². The molecular formula is C27H28N8O. The monoisotopic (exact) mass is 480 g/mol. The first-order chi connectivity index (χ1) is 17.4. The van der Waals surface area contributed by atoms with Crippen molar-refractivity contribution in [1.29, 1.82) is 5.26 Å². The molecule has 182 valence electrons. The number of anilines is 1. The molecule has 1 unspecified atom stereocenters. The molecule has 9 heteroatoms. The highest BCUT2D eigenvalue weighted by atomic mass is 16.1. The Bertz CT molecular complexity index is 1480. The van der Waals surface area contributed by atoms with Crippen molar-refractivity contribution in [2.45, 2.75) is 26.3 Å². The molecule has 3 atom stereocenters. The van der Waals surface area contributed by atoms with E-state index in [1.807, 2.05) is 37.9 Å². The minimum atomic E-state index is 0.162. The van der Waals surface area contributed by atoms with E-state index in [2.05, 4.69) is 52.5 Å². The predicted octanol–water partition coefficient (Wildman–Crippen LogP) is 3.27. The summed E-state index contributed by atoms with van der Waals surface area (Å²) in [5, 5.41) is 21.6. The summed E-state index contributed by atoms with van der Waals surface area (Å²) >= 11 is 0.